The number of hydrogen-bond acceptors (Lipinski definition) is 12. The second-order valence-electron chi connectivity index (χ2n) is 13.2. The number of ether oxygens (including phenoxy) is 3. The minimum Gasteiger partial charge on any atom is -0.497 e. The van der Waals surface area contributed by atoms with Gasteiger partial charge in [0.05, 0.1) is 38.1 Å². The van der Waals surface area contributed by atoms with Gasteiger partial charge in [-0.3, -0.25) is 4.98 Å². The Bertz CT molecular complexity index is 2390. The van der Waals surface area contributed by atoms with E-state index in [2.05, 4.69) is 19.9 Å². The Morgan fingerprint density at radius 1 is 0.842 bits per heavy atom. The molecular weight excluding hydrogens is 768 g/mol. The van der Waals surface area contributed by atoms with Crippen LogP contribution < -0.4 is 24.0 Å². The molecule has 296 valence electrons. The number of aromatic nitrogens is 6. The molecule has 0 bridgehead atoms. The van der Waals surface area contributed by atoms with Crippen molar-refractivity contribution in [3.8, 4) is 28.8 Å². The number of rotatable bonds is 11. The zero-order chi connectivity index (χ0) is 40.6. The first-order valence-corrected chi connectivity index (χ1v) is 19.0. The summed E-state index contributed by atoms with van der Waals surface area (Å²) in [6.45, 7) is 5.17. The zero-order valence-electron chi connectivity index (χ0n) is 31.8. The van der Waals surface area contributed by atoms with Gasteiger partial charge in [0.2, 0.25) is 5.88 Å². The fraction of sp³-hybridized carbons (Fsp3) is 0.300. The molecule has 0 saturated heterocycles. The minimum atomic E-state index is -5.07. The van der Waals surface area contributed by atoms with Crippen molar-refractivity contribution in [3.05, 3.63) is 106 Å². The van der Waals surface area contributed by atoms with Crippen LogP contribution in [0.3, 0.4) is 0 Å². The van der Waals surface area contributed by atoms with Crippen molar-refractivity contribution >= 4 is 34.3 Å². The number of benzene rings is 2. The molecule has 4 aromatic heterocycles. The smallest absolute Gasteiger partial charge is 0.418 e. The Morgan fingerprint density at radius 3 is 2.04 bits per heavy atom. The van der Waals surface area contributed by atoms with Crippen LogP contribution in [0.15, 0.2) is 66.1 Å². The van der Waals surface area contributed by atoms with Crippen LogP contribution in [-0.4, -0.2) is 63.5 Å². The monoisotopic (exact) mass is 804 g/mol. The molecule has 0 fully saturated rings. The summed E-state index contributed by atoms with van der Waals surface area (Å²) in [6.07, 6.45) is -0.178. The summed E-state index contributed by atoms with van der Waals surface area (Å²) in [5, 5.41) is 0.204. The number of alkyl halides is 3. The molecule has 0 spiro atoms. The summed E-state index contributed by atoms with van der Waals surface area (Å²) >= 11 is 1.12. The number of hydrogen-bond donors (Lipinski definition) is 0. The van der Waals surface area contributed by atoms with Crippen molar-refractivity contribution in [2.75, 3.05) is 43.4 Å². The minimum absolute atomic E-state index is 0.0134. The van der Waals surface area contributed by atoms with Crippen molar-refractivity contribution in [2.45, 2.75) is 51.2 Å². The van der Waals surface area contributed by atoms with Crippen LogP contribution in [-0.2, 0) is 19.3 Å². The molecule has 1 aliphatic heterocycles. The Kier molecular flexibility index (Phi) is 11.0. The third-order valence-corrected chi connectivity index (χ3v) is 10.3. The summed E-state index contributed by atoms with van der Waals surface area (Å²) < 4.78 is 91.7. The number of thioether (sulfide) groups is 1. The van der Waals surface area contributed by atoms with Gasteiger partial charge >= 0.3 is 6.18 Å². The molecule has 0 amide bonds. The van der Waals surface area contributed by atoms with E-state index >= 15 is 4.39 Å². The number of nitrogens with zero attached hydrogens (tertiary/aromatic N) is 8. The second kappa shape index (κ2) is 16.0. The highest BCUT2D eigenvalue weighted by Crippen LogP contribution is 2.45. The molecule has 0 unspecified atom stereocenters. The molecule has 57 heavy (non-hydrogen) atoms. The molecule has 7 rings (SSSR count). The lowest BCUT2D eigenvalue weighted by Crippen LogP contribution is -2.33. The third kappa shape index (κ3) is 7.67. The Labute approximate surface area is 329 Å². The van der Waals surface area contributed by atoms with Gasteiger partial charge in [-0.2, -0.15) is 13.2 Å². The van der Waals surface area contributed by atoms with E-state index in [1.54, 1.807) is 32.9 Å². The van der Waals surface area contributed by atoms with E-state index in [0.717, 1.165) is 41.3 Å². The molecule has 2 aromatic carbocycles. The van der Waals surface area contributed by atoms with Crippen LogP contribution in [0.1, 0.15) is 46.6 Å². The van der Waals surface area contributed by atoms with Crippen molar-refractivity contribution in [2.24, 2.45) is 0 Å². The number of anilines is 2. The van der Waals surface area contributed by atoms with Gasteiger partial charge < -0.3 is 24.0 Å². The summed E-state index contributed by atoms with van der Waals surface area (Å²) in [4.78, 5) is 31.0. The van der Waals surface area contributed by atoms with Crippen molar-refractivity contribution in [3.63, 3.8) is 0 Å². The normalized spacial score (nSPS) is 13.3. The van der Waals surface area contributed by atoms with Gasteiger partial charge in [0.25, 0.3) is 0 Å². The fourth-order valence-corrected chi connectivity index (χ4v) is 7.23. The predicted octanol–water partition coefficient (Wildman–Crippen LogP) is 8.70. The van der Waals surface area contributed by atoms with Gasteiger partial charge in [-0.25, -0.2) is 33.7 Å². The second-order valence-corrected chi connectivity index (χ2v) is 14.0. The maximum absolute atomic E-state index is 16.8. The SMILES string of the molecule is COc1ccc(CN(Cc2ccc(OC)cc2)c2nccnc2[C@@H](C)N2CCOc3nc(-c4nc(C)c(F)c(C)c4C(F)(F)F)c(F)c4nc(SC)nc2c34)cc1. The lowest BCUT2D eigenvalue weighted by molar-refractivity contribution is -0.138. The zero-order valence-corrected chi connectivity index (χ0v) is 32.6. The molecule has 6 aromatic rings. The van der Waals surface area contributed by atoms with Gasteiger partial charge in [0, 0.05) is 31.0 Å². The van der Waals surface area contributed by atoms with Gasteiger partial charge in [0.15, 0.2) is 16.8 Å². The van der Waals surface area contributed by atoms with Crippen molar-refractivity contribution < 1.29 is 36.2 Å². The highest BCUT2D eigenvalue weighted by Gasteiger charge is 2.41. The largest absolute Gasteiger partial charge is 0.497 e. The fourth-order valence-electron chi connectivity index (χ4n) is 6.87. The molecular formula is C40H37F5N8O3S. The van der Waals surface area contributed by atoms with Crippen molar-refractivity contribution in [1.29, 1.82) is 0 Å². The topological polar surface area (TPSA) is 112 Å². The number of pyridine rings is 2. The summed E-state index contributed by atoms with van der Waals surface area (Å²) in [5.41, 5.74) is -1.91. The Morgan fingerprint density at radius 2 is 1.46 bits per heavy atom. The summed E-state index contributed by atoms with van der Waals surface area (Å²) in [6, 6.07) is 14.9. The standard InChI is InChI=1S/C40H37F5N8O3S/c1-21-29(40(43,44)45)34(48-22(2)30(21)41)35-31(42)33-28-36(51-39(50-33)57-6)53(17-18-56-38(28)49-35)23(3)32-37(47-16-15-46-32)52(19-24-7-11-26(54-4)12-8-24)20-25-9-13-27(55-5)14-10-25/h7-16,23H,17-20H2,1-6H3/t23-/m1/s1. The first-order valence-electron chi connectivity index (χ1n) is 17.7. The van der Waals surface area contributed by atoms with Gasteiger partial charge in [0.1, 0.15) is 57.7 Å². The summed E-state index contributed by atoms with van der Waals surface area (Å²) in [5.74, 6) is -0.257. The average Bonchev–Trinajstić information content (AvgIpc) is 3.39. The van der Waals surface area contributed by atoms with Crippen LogP contribution in [0.2, 0.25) is 0 Å². The highest BCUT2D eigenvalue weighted by atomic mass is 32.2. The van der Waals surface area contributed by atoms with Crippen LogP contribution in [0.25, 0.3) is 22.3 Å². The van der Waals surface area contributed by atoms with E-state index in [1.165, 1.54) is 6.92 Å². The maximum Gasteiger partial charge on any atom is 0.418 e. The van der Waals surface area contributed by atoms with E-state index in [4.69, 9.17) is 29.2 Å². The predicted molar refractivity (Wildman–Crippen MR) is 206 cm³/mol. The first kappa shape index (κ1) is 39.4. The van der Waals surface area contributed by atoms with Gasteiger partial charge in [-0.1, -0.05) is 36.0 Å². The molecule has 1 aliphatic rings. The van der Waals surface area contributed by atoms with E-state index in [9.17, 15) is 17.6 Å². The number of halogens is 5. The quantitative estimate of drug-likeness (QED) is 0.0710. The number of aryl methyl sites for hydroxylation is 1. The maximum atomic E-state index is 16.8. The number of methoxy groups -OCH3 is 2. The van der Waals surface area contributed by atoms with E-state index in [1.807, 2.05) is 60.4 Å². The van der Waals surface area contributed by atoms with Crippen LogP contribution in [0.5, 0.6) is 17.4 Å². The highest BCUT2D eigenvalue weighted by molar-refractivity contribution is 7.98. The van der Waals surface area contributed by atoms with Crippen molar-refractivity contribution in [1.82, 2.24) is 29.9 Å². The molecule has 0 radical (unpaired) electrons. The van der Waals surface area contributed by atoms with E-state index in [0.29, 0.717) is 24.6 Å². The van der Waals surface area contributed by atoms with Gasteiger partial charge in [-0.15, -0.1) is 0 Å². The lowest BCUT2D eigenvalue weighted by Gasteiger charge is -2.32. The third-order valence-electron chi connectivity index (χ3n) is 9.72. The van der Waals surface area contributed by atoms with E-state index in [-0.39, 0.29) is 46.6 Å². The molecule has 1 atom stereocenters. The Balaban J connectivity index is 1.36. The molecule has 5 heterocycles. The van der Waals surface area contributed by atoms with Crippen LogP contribution in [0, 0.1) is 25.5 Å². The van der Waals surface area contributed by atoms with Gasteiger partial charge in [-0.05, 0) is 62.4 Å². The first-order chi connectivity index (χ1) is 27.3. The lowest BCUT2D eigenvalue weighted by atomic mass is 10.0. The van der Waals surface area contributed by atoms with Crippen LogP contribution in [0.4, 0.5) is 33.6 Å². The molecule has 0 aliphatic carbocycles. The summed E-state index contributed by atoms with van der Waals surface area (Å²) in [7, 11) is 3.21. The molecule has 0 N–H and O–H groups in total. The molecule has 17 heteroatoms. The van der Waals surface area contributed by atoms with E-state index < -0.39 is 46.4 Å². The molecule has 11 nitrogen and oxygen atoms in total. The van der Waals surface area contributed by atoms with Crippen LogP contribution >= 0.6 is 11.8 Å². The average molecular weight is 805 g/mol. The molecule has 0 saturated carbocycles. The Hall–Kier alpha value is -5.84.